The Labute approximate surface area is 88.1 Å². The fraction of sp³-hybridized carbons (Fsp3) is 1.00. The van der Waals surface area contributed by atoms with Crippen molar-refractivity contribution >= 4 is 0 Å². The molecule has 82 valence electrons. The van der Waals surface area contributed by atoms with Gasteiger partial charge in [-0.1, -0.05) is 20.8 Å². The molecule has 1 N–H and O–H groups in total. The van der Waals surface area contributed by atoms with Crippen LogP contribution in [0.5, 0.6) is 0 Å². The van der Waals surface area contributed by atoms with E-state index in [0.29, 0.717) is 5.41 Å². The molecule has 0 radical (unpaired) electrons. The first-order valence-electron chi connectivity index (χ1n) is 6.02. The number of nitrogens with one attached hydrogen (secondary N) is 1. The first-order chi connectivity index (χ1) is 6.57. The van der Waals surface area contributed by atoms with Crippen molar-refractivity contribution in [3.05, 3.63) is 0 Å². The number of hydrogen-bond donors (Lipinski definition) is 1. The van der Waals surface area contributed by atoms with Crippen molar-refractivity contribution in [2.45, 2.75) is 39.7 Å². The van der Waals surface area contributed by atoms with Crippen LogP contribution in [-0.4, -0.2) is 37.1 Å². The van der Waals surface area contributed by atoms with Gasteiger partial charge in [-0.3, -0.25) is 4.90 Å². The topological polar surface area (TPSA) is 15.3 Å². The van der Waals surface area contributed by atoms with E-state index < -0.39 is 0 Å². The molecule has 2 heteroatoms. The minimum Gasteiger partial charge on any atom is -0.315 e. The predicted molar refractivity (Wildman–Crippen MR) is 60.4 cm³/mol. The Morgan fingerprint density at radius 3 is 2.64 bits per heavy atom. The SMILES string of the molecule is CC1CNCC(N2CCC(C)(C)C2)C1. The lowest BCUT2D eigenvalue weighted by atomic mass is 9.92. The summed E-state index contributed by atoms with van der Waals surface area (Å²) >= 11 is 0. The summed E-state index contributed by atoms with van der Waals surface area (Å²) in [4.78, 5) is 2.70. The quantitative estimate of drug-likeness (QED) is 0.687. The van der Waals surface area contributed by atoms with Crippen molar-refractivity contribution in [1.82, 2.24) is 10.2 Å². The van der Waals surface area contributed by atoms with Crippen LogP contribution in [0.1, 0.15) is 33.6 Å². The van der Waals surface area contributed by atoms with Gasteiger partial charge < -0.3 is 5.32 Å². The number of likely N-dealkylation sites (tertiary alicyclic amines) is 1. The van der Waals surface area contributed by atoms with E-state index in [-0.39, 0.29) is 0 Å². The van der Waals surface area contributed by atoms with E-state index >= 15 is 0 Å². The van der Waals surface area contributed by atoms with E-state index in [1.54, 1.807) is 0 Å². The highest BCUT2D eigenvalue weighted by atomic mass is 15.2. The van der Waals surface area contributed by atoms with Crippen LogP contribution in [0, 0.1) is 11.3 Å². The van der Waals surface area contributed by atoms with Gasteiger partial charge in [0.15, 0.2) is 0 Å². The van der Waals surface area contributed by atoms with Gasteiger partial charge in [-0.2, -0.15) is 0 Å². The maximum atomic E-state index is 3.55. The Balaban J connectivity index is 1.89. The summed E-state index contributed by atoms with van der Waals surface area (Å²) in [5.41, 5.74) is 0.556. The number of nitrogens with zero attached hydrogens (tertiary/aromatic N) is 1. The molecule has 0 aliphatic carbocycles. The standard InChI is InChI=1S/C12H24N2/c1-10-6-11(8-13-7-10)14-5-4-12(2,3)9-14/h10-11,13H,4-9H2,1-3H3. The van der Waals surface area contributed by atoms with Crippen LogP contribution >= 0.6 is 0 Å². The maximum Gasteiger partial charge on any atom is 0.0223 e. The van der Waals surface area contributed by atoms with E-state index in [2.05, 4.69) is 31.0 Å². The molecule has 14 heavy (non-hydrogen) atoms. The third kappa shape index (κ3) is 2.29. The second kappa shape index (κ2) is 3.82. The lowest BCUT2D eigenvalue weighted by Gasteiger charge is -2.35. The van der Waals surface area contributed by atoms with Crippen molar-refractivity contribution in [2.24, 2.45) is 11.3 Å². The molecule has 2 aliphatic heterocycles. The van der Waals surface area contributed by atoms with Crippen molar-refractivity contribution in [3.63, 3.8) is 0 Å². The van der Waals surface area contributed by atoms with Crippen LogP contribution in [-0.2, 0) is 0 Å². The average molecular weight is 196 g/mol. The Hall–Kier alpha value is -0.0800. The van der Waals surface area contributed by atoms with Crippen LogP contribution < -0.4 is 5.32 Å². The van der Waals surface area contributed by atoms with Crippen LogP contribution in [0.25, 0.3) is 0 Å². The molecule has 0 aromatic carbocycles. The normalized spacial score (nSPS) is 38.8. The van der Waals surface area contributed by atoms with Gasteiger partial charge in [-0.05, 0) is 37.3 Å². The number of piperidine rings is 1. The summed E-state index contributed by atoms with van der Waals surface area (Å²) in [5, 5.41) is 3.55. The fourth-order valence-corrected chi connectivity index (χ4v) is 2.87. The van der Waals surface area contributed by atoms with Gasteiger partial charge >= 0.3 is 0 Å². The van der Waals surface area contributed by atoms with Gasteiger partial charge in [0.2, 0.25) is 0 Å². The third-order valence-electron chi connectivity index (χ3n) is 3.77. The predicted octanol–water partition coefficient (Wildman–Crippen LogP) is 1.72. The summed E-state index contributed by atoms with van der Waals surface area (Å²) in [6.07, 6.45) is 2.76. The lowest BCUT2D eigenvalue weighted by Crippen LogP contribution is -2.48. The molecule has 0 aromatic rings. The van der Waals surface area contributed by atoms with Crippen molar-refractivity contribution in [1.29, 1.82) is 0 Å². The summed E-state index contributed by atoms with van der Waals surface area (Å²) in [6.45, 7) is 12.2. The van der Waals surface area contributed by atoms with Gasteiger partial charge in [-0.25, -0.2) is 0 Å². The Kier molecular flexibility index (Phi) is 2.85. The van der Waals surface area contributed by atoms with E-state index in [9.17, 15) is 0 Å². The Bertz CT molecular complexity index is 200. The van der Waals surface area contributed by atoms with E-state index in [0.717, 1.165) is 12.0 Å². The van der Waals surface area contributed by atoms with Crippen LogP contribution in [0.15, 0.2) is 0 Å². The molecule has 0 bridgehead atoms. The highest BCUT2D eigenvalue weighted by Crippen LogP contribution is 2.31. The zero-order valence-electron chi connectivity index (χ0n) is 9.84. The molecule has 0 saturated carbocycles. The van der Waals surface area contributed by atoms with Gasteiger partial charge in [0, 0.05) is 19.1 Å². The minimum absolute atomic E-state index is 0.556. The summed E-state index contributed by atoms with van der Waals surface area (Å²) in [5.74, 6) is 0.859. The summed E-state index contributed by atoms with van der Waals surface area (Å²) in [7, 11) is 0. The molecule has 0 aromatic heterocycles. The van der Waals surface area contributed by atoms with Crippen LogP contribution in [0.2, 0.25) is 0 Å². The molecular formula is C12H24N2. The van der Waals surface area contributed by atoms with Crippen LogP contribution in [0.4, 0.5) is 0 Å². The minimum atomic E-state index is 0.556. The van der Waals surface area contributed by atoms with Crippen molar-refractivity contribution < 1.29 is 0 Å². The van der Waals surface area contributed by atoms with Gasteiger partial charge in [0.05, 0.1) is 0 Å². The van der Waals surface area contributed by atoms with E-state index in [4.69, 9.17) is 0 Å². The molecule has 2 aliphatic rings. The van der Waals surface area contributed by atoms with Crippen LogP contribution in [0.3, 0.4) is 0 Å². The van der Waals surface area contributed by atoms with Gasteiger partial charge in [0.25, 0.3) is 0 Å². The molecular weight excluding hydrogens is 172 g/mol. The van der Waals surface area contributed by atoms with Crippen molar-refractivity contribution in [2.75, 3.05) is 26.2 Å². The van der Waals surface area contributed by atoms with E-state index in [1.165, 1.54) is 39.0 Å². The smallest absolute Gasteiger partial charge is 0.0223 e. The zero-order valence-corrected chi connectivity index (χ0v) is 9.84. The number of hydrogen-bond acceptors (Lipinski definition) is 2. The Morgan fingerprint density at radius 1 is 1.29 bits per heavy atom. The van der Waals surface area contributed by atoms with Gasteiger partial charge in [0.1, 0.15) is 0 Å². The molecule has 2 saturated heterocycles. The number of rotatable bonds is 1. The lowest BCUT2D eigenvalue weighted by molar-refractivity contribution is 0.162. The largest absolute Gasteiger partial charge is 0.315 e. The molecule has 2 nitrogen and oxygen atoms in total. The second-order valence-corrected chi connectivity index (χ2v) is 6.04. The summed E-state index contributed by atoms with van der Waals surface area (Å²) in [6, 6.07) is 0.806. The highest BCUT2D eigenvalue weighted by Gasteiger charge is 2.34. The molecule has 2 heterocycles. The third-order valence-corrected chi connectivity index (χ3v) is 3.77. The molecule has 0 spiro atoms. The molecule has 2 rings (SSSR count). The van der Waals surface area contributed by atoms with E-state index in [1.807, 2.05) is 0 Å². The maximum absolute atomic E-state index is 3.55. The monoisotopic (exact) mass is 196 g/mol. The van der Waals surface area contributed by atoms with Gasteiger partial charge in [-0.15, -0.1) is 0 Å². The summed E-state index contributed by atoms with van der Waals surface area (Å²) < 4.78 is 0. The molecule has 0 amide bonds. The first-order valence-corrected chi connectivity index (χ1v) is 6.02. The van der Waals surface area contributed by atoms with Crippen molar-refractivity contribution in [3.8, 4) is 0 Å². The average Bonchev–Trinajstić information content (AvgIpc) is 2.46. The fourth-order valence-electron chi connectivity index (χ4n) is 2.87. The second-order valence-electron chi connectivity index (χ2n) is 6.04. The molecule has 2 atom stereocenters. The highest BCUT2D eigenvalue weighted by molar-refractivity contribution is 4.89. The zero-order chi connectivity index (χ0) is 10.2. The Morgan fingerprint density at radius 2 is 2.07 bits per heavy atom. The molecule has 2 fully saturated rings. The first kappa shape index (κ1) is 10.4. The molecule has 2 unspecified atom stereocenters.